The highest BCUT2D eigenvalue weighted by atomic mass is 16.5. The molecule has 0 atom stereocenters. The SMILES string of the molecule is CCOc1cc(CNC(=NC)NCc2ccccc2)ccc1OC. The van der Waals surface area contributed by atoms with Gasteiger partial charge in [0.1, 0.15) is 0 Å². The highest BCUT2D eigenvalue weighted by Crippen LogP contribution is 2.27. The Bertz CT molecular complexity index is 657. The molecule has 0 aromatic heterocycles. The quantitative estimate of drug-likeness (QED) is 0.606. The number of benzene rings is 2. The Balaban J connectivity index is 1.92. The summed E-state index contributed by atoms with van der Waals surface area (Å²) in [7, 11) is 3.41. The van der Waals surface area contributed by atoms with E-state index in [0.29, 0.717) is 13.2 Å². The number of nitrogens with one attached hydrogen (secondary N) is 2. The van der Waals surface area contributed by atoms with Crippen LogP contribution in [-0.2, 0) is 13.1 Å². The molecule has 5 nitrogen and oxygen atoms in total. The monoisotopic (exact) mass is 327 g/mol. The van der Waals surface area contributed by atoms with Crippen molar-refractivity contribution in [2.45, 2.75) is 20.0 Å². The van der Waals surface area contributed by atoms with Crippen molar-refractivity contribution in [3.8, 4) is 11.5 Å². The minimum absolute atomic E-state index is 0.605. The molecule has 0 unspecified atom stereocenters. The van der Waals surface area contributed by atoms with Crippen LogP contribution in [0, 0.1) is 0 Å². The van der Waals surface area contributed by atoms with E-state index >= 15 is 0 Å². The van der Waals surface area contributed by atoms with Gasteiger partial charge >= 0.3 is 0 Å². The molecule has 0 aliphatic rings. The molecule has 0 amide bonds. The molecule has 2 aromatic carbocycles. The second-order valence-corrected chi connectivity index (χ2v) is 5.18. The van der Waals surface area contributed by atoms with Crippen LogP contribution in [0.15, 0.2) is 53.5 Å². The van der Waals surface area contributed by atoms with Crippen LogP contribution in [0.5, 0.6) is 11.5 Å². The maximum atomic E-state index is 5.61. The summed E-state index contributed by atoms with van der Waals surface area (Å²) in [5.41, 5.74) is 2.31. The van der Waals surface area contributed by atoms with E-state index in [1.807, 2.05) is 43.3 Å². The molecule has 128 valence electrons. The van der Waals surface area contributed by atoms with Gasteiger partial charge in [-0.05, 0) is 30.2 Å². The third-order valence-electron chi connectivity index (χ3n) is 3.51. The van der Waals surface area contributed by atoms with E-state index in [9.17, 15) is 0 Å². The van der Waals surface area contributed by atoms with Crippen molar-refractivity contribution >= 4 is 5.96 Å². The number of methoxy groups -OCH3 is 1. The molecule has 0 saturated heterocycles. The summed E-state index contributed by atoms with van der Waals surface area (Å²) in [6, 6.07) is 16.1. The topological polar surface area (TPSA) is 54.9 Å². The van der Waals surface area contributed by atoms with Gasteiger partial charge in [0.05, 0.1) is 13.7 Å². The van der Waals surface area contributed by atoms with Gasteiger partial charge in [-0.15, -0.1) is 0 Å². The highest BCUT2D eigenvalue weighted by molar-refractivity contribution is 5.79. The fraction of sp³-hybridized carbons (Fsp3) is 0.316. The maximum Gasteiger partial charge on any atom is 0.191 e. The fourth-order valence-electron chi connectivity index (χ4n) is 2.29. The molecule has 0 radical (unpaired) electrons. The second kappa shape index (κ2) is 9.45. The lowest BCUT2D eigenvalue weighted by Crippen LogP contribution is -2.36. The predicted octanol–water partition coefficient (Wildman–Crippen LogP) is 2.96. The summed E-state index contributed by atoms with van der Waals surface area (Å²) in [6.45, 7) is 3.94. The molecule has 0 saturated carbocycles. The summed E-state index contributed by atoms with van der Waals surface area (Å²) in [5, 5.41) is 6.61. The first-order valence-electron chi connectivity index (χ1n) is 8.05. The Hall–Kier alpha value is -2.69. The van der Waals surface area contributed by atoms with Crippen LogP contribution < -0.4 is 20.1 Å². The summed E-state index contributed by atoms with van der Waals surface area (Å²) < 4.78 is 10.9. The molecule has 0 aliphatic heterocycles. The first-order valence-corrected chi connectivity index (χ1v) is 8.05. The van der Waals surface area contributed by atoms with Crippen LogP contribution in [0.4, 0.5) is 0 Å². The minimum Gasteiger partial charge on any atom is -0.493 e. The van der Waals surface area contributed by atoms with E-state index in [1.54, 1.807) is 14.2 Å². The molecular weight excluding hydrogens is 302 g/mol. The highest BCUT2D eigenvalue weighted by Gasteiger charge is 2.06. The second-order valence-electron chi connectivity index (χ2n) is 5.18. The van der Waals surface area contributed by atoms with Crippen molar-refractivity contribution in [3.05, 3.63) is 59.7 Å². The van der Waals surface area contributed by atoms with Gasteiger partial charge in [-0.2, -0.15) is 0 Å². The van der Waals surface area contributed by atoms with Gasteiger partial charge in [-0.25, -0.2) is 0 Å². The number of guanidine groups is 1. The number of rotatable bonds is 7. The molecule has 24 heavy (non-hydrogen) atoms. The first-order chi connectivity index (χ1) is 11.8. The Morgan fingerprint density at radius 2 is 1.67 bits per heavy atom. The smallest absolute Gasteiger partial charge is 0.191 e. The van der Waals surface area contributed by atoms with Crippen molar-refractivity contribution in [2.75, 3.05) is 20.8 Å². The molecule has 0 fully saturated rings. The third-order valence-corrected chi connectivity index (χ3v) is 3.51. The number of aliphatic imine (C=N–C) groups is 1. The lowest BCUT2D eigenvalue weighted by molar-refractivity contribution is 0.310. The zero-order valence-electron chi connectivity index (χ0n) is 14.5. The Morgan fingerprint density at radius 1 is 0.958 bits per heavy atom. The minimum atomic E-state index is 0.605. The van der Waals surface area contributed by atoms with Crippen LogP contribution >= 0.6 is 0 Å². The standard InChI is InChI=1S/C19H25N3O2/c1-4-24-18-12-16(10-11-17(18)23-3)14-22-19(20-2)21-13-15-8-6-5-7-9-15/h5-12H,4,13-14H2,1-3H3,(H2,20,21,22). The molecule has 0 heterocycles. The molecule has 0 aliphatic carbocycles. The number of nitrogens with zero attached hydrogens (tertiary/aromatic N) is 1. The van der Waals surface area contributed by atoms with Crippen molar-refractivity contribution in [1.82, 2.24) is 10.6 Å². The molecule has 5 heteroatoms. The van der Waals surface area contributed by atoms with Gasteiger partial charge in [-0.1, -0.05) is 36.4 Å². The van der Waals surface area contributed by atoms with Crippen LogP contribution in [0.2, 0.25) is 0 Å². The third kappa shape index (κ3) is 5.19. The number of ether oxygens (including phenoxy) is 2. The Kier molecular flexibility index (Phi) is 6.95. The van der Waals surface area contributed by atoms with Crippen LogP contribution in [0.25, 0.3) is 0 Å². The normalized spacial score (nSPS) is 11.0. The lowest BCUT2D eigenvalue weighted by Gasteiger charge is -2.14. The maximum absolute atomic E-state index is 5.61. The number of hydrogen-bond donors (Lipinski definition) is 2. The van der Waals surface area contributed by atoms with E-state index in [1.165, 1.54) is 5.56 Å². The van der Waals surface area contributed by atoms with Crippen molar-refractivity contribution < 1.29 is 9.47 Å². The van der Waals surface area contributed by atoms with Crippen molar-refractivity contribution in [1.29, 1.82) is 0 Å². The molecule has 2 rings (SSSR count). The Labute approximate surface area is 143 Å². The van der Waals surface area contributed by atoms with Gasteiger partial charge in [0.25, 0.3) is 0 Å². The summed E-state index contributed by atoms with van der Waals surface area (Å²) in [5.74, 6) is 2.26. The molecule has 2 aromatic rings. The van der Waals surface area contributed by atoms with E-state index in [0.717, 1.165) is 29.6 Å². The van der Waals surface area contributed by atoms with Crippen LogP contribution in [0.1, 0.15) is 18.1 Å². The van der Waals surface area contributed by atoms with E-state index in [4.69, 9.17) is 9.47 Å². The zero-order chi connectivity index (χ0) is 17.2. The fourth-order valence-corrected chi connectivity index (χ4v) is 2.29. The summed E-state index contributed by atoms with van der Waals surface area (Å²) in [6.07, 6.45) is 0. The molecule has 0 spiro atoms. The lowest BCUT2D eigenvalue weighted by atomic mass is 10.2. The van der Waals surface area contributed by atoms with Gasteiger partial charge in [0.2, 0.25) is 0 Å². The summed E-state index contributed by atoms with van der Waals surface area (Å²) in [4.78, 5) is 4.25. The zero-order valence-corrected chi connectivity index (χ0v) is 14.5. The van der Waals surface area contributed by atoms with Gasteiger partial charge in [0, 0.05) is 20.1 Å². The van der Waals surface area contributed by atoms with Crippen molar-refractivity contribution in [3.63, 3.8) is 0 Å². The Morgan fingerprint density at radius 3 is 2.29 bits per heavy atom. The van der Waals surface area contributed by atoms with E-state index < -0.39 is 0 Å². The van der Waals surface area contributed by atoms with Crippen molar-refractivity contribution in [2.24, 2.45) is 4.99 Å². The average Bonchev–Trinajstić information content (AvgIpc) is 2.63. The molecule has 2 N–H and O–H groups in total. The van der Waals surface area contributed by atoms with Crippen LogP contribution in [-0.4, -0.2) is 26.7 Å². The predicted molar refractivity (Wildman–Crippen MR) is 97.6 cm³/mol. The van der Waals surface area contributed by atoms with Crippen LogP contribution in [0.3, 0.4) is 0 Å². The van der Waals surface area contributed by atoms with Gasteiger partial charge < -0.3 is 20.1 Å². The van der Waals surface area contributed by atoms with Gasteiger partial charge in [0.15, 0.2) is 17.5 Å². The number of hydrogen-bond acceptors (Lipinski definition) is 3. The van der Waals surface area contributed by atoms with E-state index in [-0.39, 0.29) is 0 Å². The van der Waals surface area contributed by atoms with E-state index in [2.05, 4.69) is 27.8 Å². The summed E-state index contributed by atoms with van der Waals surface area (Å²) >= 11 is 0. The first kappa shape index (κ1) is 17.7. The molecular formula is C19H25N3O2. The van der Waals surface area contributed by atoms with Gasteiger partial charge in [-0.3, -0.25) is 4.99 Å². The molecule has 0 bridgehead atoms. The largest absolute Gasteiger partial charge is 0.493 e. The average molecular weight is 327 g/mol.